The van der Waals surface area contributed by atoms with Crippen molar-refractivity contribution in [2.45, 2.75) is 39.3 Å². The highest BCUT2D eigenvalue weighted by molar-refractivity contribution is 5.95. The zero-order valence-electron chi connectivity index (χ0n) is 21.9. The van der Waals surface area contributed by atoms with E-state index < -0.39 is 11.6 Å². The van der Waals surface area contributed by atoms with Crippen LogP contribution < -0.4 is 14.8 Å². The SMILES string of the molecule is C=C(c1cc(NCc2ccc(F)cc2F)nc2ccc(-c3ccc4c(c3)OCO4)cc12)N(C)C(CC)CC. The number of nitrogens with zero attached hydrogens (tertiary/aromatic N) is 2. The van der Waals surface area contributed by atoms with Crippen LogP contribution in [0.15, 0.2) is 67.2 Å². The lowest BCUT2D eigenvalue weighted by molar-refractivity contribution is 0.174. The molecule has 0 saturated carbocycles. The van der Waals surface area contributed by atoms with E-state index in [9.17, 15) is 8.78 Å². The van der Waals surface area contributed by atoms with Crippen molar-refractivity contribution in [1.82, 2.24) is 9.88 Å². The number of nitrogens with one attached hydrogen (secondary N) is 1. The minimum Gasteiger partial charge on any atom is -0.454 e. The molecule has 0 bridgehead atoms. The summed E-state index contributed by atoms with van der Waals surface area (Å²) >= 11 is 0. The Morgan fingerprint density at radius 1 is 0.974 bits per heavy atom. The van der Waals surface area contributed by atoms with Gasteiger partial charge >= 0.3 is 0 Å². The molecule has 0 spiro atoms. The average Bonchev–Trinajstić information content (AvgIpc) is 3.40. The number of aromatic nitrogens is 1. The van der Waals surface area contributed by atoms with E-state index >= 15 is 0 Å². The van der Waals surface area contributed by atoms with Crippen molar-refractivity contribution in [3.8, 4) is 22.6 Å². The first-order valence-electron chi connectivity index (χ1n) is 12.8. The van der Waals surface area contributed by atoms with Crippen molar-refractivity contribution in [3.05, 3.63) is 90.0 Å². The molecule has 0 radical (unpaired) electrons. The van der Waals surface area contributed by atoms with E-state index in [2.05, 4.69) is 43.8 Å². The predicted octanol–water partition coefficient (Wildman–Crippen LogP) is 7.61. The number of halogens is 2. The molecular weight excluding hydrogens is 484 g/mol. The second-order valence-corrected chi connectivity index (χ2v) is 9.47. The third-order valence-corrected chi connectivity index (χ3v) is 7.22. The molecule has 5 nitrogen and oxygen atoms in total. The Labute approximate surface area is 221 Å². The van der Waals surface area contributed by atoms with E-state index in [0.717, 1.165) is 63.7 Å². The highest BCUT2D eigenvalue weighted by Crippen LogP contribution is 2.38. The highest BCUT2D eigenvalue weighted by atomic mass is 19.1. The van der Waals surface area contributed by atoms with E-state index in [-0.39, 0.29) is 13.3 Å². The smallest absolute Gasteiger partial charge is 0.231 e. The molecule has 3 aromatic carbocycles. The van der Waals surface area contributed by atoms with Crippen molar-refractivity contribution in [2.75, 3.05) is 19.2 Å². The number of hydrogen-bond donors (Lipinski definition) is 1. The highest BCUT2D eigenvalue weighted by Gasteiger charge is 2.19. The number of anilines is 1. The van der Waals surface area contributed by atoms with Crippen molar-refractivity contribution in [1.29, 1.82) is 0 Å². The standard InChI is InChI=1S/C31H31F2N3O2/c1-5-24(6-2)36(4)19(3)25-16-31(34-17-22-7-10-23(32)15-27(22)33)35-28-11-8-20(13-26(25)28)21-9-12-29-30(14-21)38-18-37-29/h7-16,24H,3,5-6,17-18H2,1-2,4H3,(H,34,35). The summed E-state index contributed by atoms with van der Waals surface area (Å²) in [4.78, 5) is 7.02. The molecule has 5 rings (SSSR count). The van der Waals surface area contributed by atoms with Gasteiger partial charge in [-0.15, -0.1) is 0 Å². The molecule has 196 valence electrons. The van der Waals surface area contributed by atoms with E-state index in [1.807, 2.05) is 36.4 Å². The monoisotopic (exact) mass is 515 g/mol. The summed E-state index contributed by atoms with van der Waals surface area (Å²) in [5.74, 6) is 0.865. The molecule has 1 N–H and O–H groups in total. The van der Waals surface area contributed by atoms with Gasteiger partial charge in [0.15, 0.2) is 11.5 Å². The minimum atomic E-state index is -0.601. The van der Waals surface area contributed by atoms with E-state index in [1.54, 1.807) is 0 Å². The molecule has 0 amide bonds. The lowest BCUT2D eigenvalue weighted by Crippen LogP contribution is -2.28. The second kappa shape index (κ2) is 10.7. The van der Waals surface area contributed by atoms with Crippen LogP contribution in [-0.2, 0) is 6.54 Å². The lowest BCUT2D eigenvalue weighted by Gasteiger charge is -2.31. The Morgan fingerprint density at radius 3 is 2.47 bits per heavy atom. The Morgan fingerprint density at radius 2 is 1.71 bits per heavy atom. The predicted molar refractivity (Wildman–Crippen MR) is 148 cm³/mol. The Hall–Kier alpha value is -4.13. The number of ether oxygens (including phenoxy) is 2. The zero-order valence-corrected chi connectivity index (χ0v) is 21.9. The molecular formula is C31H31F2N3O2. The van der Waals surface area contributed by atoms with Crippen molar-refractivity contribution in [2.24, 2.45) is 0 Å². The van der Waals surface area contributed by atoms with Gasteiger partial charge in [0.25, 0.3) is 0 Å². The van der Waals surface area contributed by atoms with Gasteiger partial charge in [-0.3, -0.25) is 0 Å². The molecule has 2 heterocycles. The summed E-state index contributed by atoms with van der Waals surface area (Å²) in [5, 5.41) is 4.18. The van der Waals surface area contributed by atoms with E-state index in [0.29, 0.717) is 17.4 Å². The zero-order chi connectivity index (χ0) is 26.8. The first-order valence-corrected chi connectivity index (χ1v) is 12.8. The van der Waals surface area contributed by atoms with Crippen LogP contribution >= 0.6 is 0 Å². The Kier molecular flexibility index (Phi) is 7.18. The molecule has 7 heteroatoms. The van der Waals surface area contributed by atoms with Crippen LogP contribution in [0, 0.1) is 11.6 Å². The van der Waals surface area contributed by atoms with Gasteiger partial charge < -0.3 is 19.7 Å². The van der Waals surface area contributed by atoms with Gasteiger partial charge in [-0.2, -0.15) is 0 Å². The van der Waals surface area contributed by atoms with Gasteiger partial charge in [-0.05, 0) is 60.4 Å². The van der Waals surface area contributed by atoms with Gasteiger partial charge in [0.1, 0.15) is 17.5 Å². The van der Waals surface area contributed by atoms with Gasteiger partial charge in [0, 0.05) is 47.9 Å². The normalized spacial score (nSPS) is 12.3. The summed E-state index contributed by atoms with van der Waals surface area (Å²) in [6.07, 6.45) is 1.98. The second-order valence-electron chi connectivity index (χ2n) is 9.47. The van der Waals surface area contributed by atoms with Crippen LogP contribution in [0.3, 0.4) is 0 Å². The molecule has 0 fully saturated rings. The van der Waals surface area contributed by atoms with Crippen LogP contribution in [0.2, 0.25) is 0 Å². The third kappa shape index (κ3) is 5.01. The van der Waals surface area contributed by atoms with Crippen molar-refractivity contribution >= 4 is 22.4 Å². The van der Waals surface area contributed by atoms with Gasteiger partial charge in [-0.1, -0.05) is 38.6 Å². The average molecular weight is 516 g/mol. The van der Waals surface area contributed by atoms with Crippen LogP contribution in [0.4, 0.5) is 14.6 Å². The largest absolute Gasteiger partial charge is 0.454 e. The maximum Gasteiger partial charge on any atom is 0.231 e. The summed E-state index contributed by atoms with van der Waals surface area (Å²) in [6.45, 7) is 9.20. The van der Waals surface area contributed by atoms with Gasteiger partial charge in [-0.25, -0.2) is 13.8 Å². The maximum atomic E-state index is 14.2. The number of hydrogen-bond acceptors (Lipinski definition) is 5. The first-order chi connectivity index (χ1) is 18.4. The molecule has 0 unspecified atom stereocenters. The van der Waals surface area contributed by atoms with Crippen LogP contribution in [0.1, 0.15) is 37.8 Å². The van der Waals surface area contributed by atoms with Crippen molar-refractivity contribution < 1.29 is 18.3 Å². The summed E-state index contributed by atoms with van der Waals surface area (Å²) in [5.41, 5.74) is 4.99. The fourth-order valence-corrected chi connectivity index (χ4v) is 4.91. The topological polar surface area (TPSA) is 46.6 Å². The Bertz CT molecular complexity index is 1500. The summed E-state index contributed by atoms with van der Waals surface area (Å²) in [7, 11) is 2.06. The summed E-state index contributed by atoms with van der Waals surface area (Å²) in [6, 6.07) is 17.9. The summed E-state index contributed by atoms with van der Waals surface area (Å²) < 4.78 is 38.6. The number of benzene rings is 3. The Balaban J connectivity index is 1.55. The van der Waals surface area contributed by atoms with Crippen LogP contribution in [0.5, 0.6) is 11.5 Å². The van der Waals surface area contributed by atoms with E-state index in [1.165, 1.54) is 12.1 Å². The molecule has 1 aliphatic heterocycles. The van der Waals surface area contributed by atoms with E-state index in [4.69, 9.17) is 14.5 Å². The van der Waals surface area contributed by atoms with Gasteiger partial charge in [0.2, 0.25) is 6.79 Å². The van der Waals surface area contributed by atoms with Crippen LogP contribution in [-0.4, -0.2) is 29.8 Å². The van der Waals surface area contributed by atoms with Crippen molar-refractivity contribution in [3.63, 3.8) is 0 Å². The molecule has 0 saturated heterocycles. The fourth-order valence-electron chi connectivity index (χ4n) is 4.91. The molecule has 0 atom stereocenters. The number of pyridine rings is 1. The maximum absolute atomic E-state index is 14.2. The first kappa shape index (κ1) is 25.5. The lowest BCUT2D eigenvalue weighted by atomic mass is 9.98. The molecule has 1 aliphatic rings. The quantitative estimate of drug-likeness (QED) is 0.249. The third-order valence-electron chi connectivity index (χ3n) is 7.22. The molecule has 4 aromatic rings. The minimum absolute atomic E-state index is 0.175. The molecule has 38 heavy (non-hydrogen) atoms. The molecule has 0 aliphatic carbocycles. The molecule has 1 aromatic heterocycles. The van der Waals surface area contributed by atoms with Gasteiger partial charge in [0.05, 0.1) is 5.52 Å². The number of fused-ring (bicyclic) bond motifs is 2. The fraction of sp³-hybridized carbons (Fsp3) is 0.258. The van der Waals surface area contributed by atoms with Crippen LogP contribution in [0.25, 0.3) is 27.7 Å². The number of rotatable bonds is 9.